The van der Waals surface area contributed by atoms with Crippen molar-refractivity contribution in [2.24, 2.45) is 0 Å². The van der Waals surface area contributed by atoms with E-state index in [1.807, 2.05) is 0 Å². The maximum Gasteiger partial charge on any atom is 0.179 e. The fourth-order valence-electron chi connectivity index (χ4n) is 10.9. The molecule has 0 aliphatic rings. The van der Waals surface area contributed by atoms with Crippen LogP contribution in [0, 0.1) is 0 Å². The Balaban J connectivity index is 1.09. The minimum atomic E-state index is -2.96. The summed E-state index contributed by atoms with van der Waals surface area (Å²) in [4.78, 5) is 0. The lowest BCUT2D eigenvalue weighted by molar-refractivity contribution is 1.17. The van der Waals surface area contributed by atoms with Gasteiger partial charge in [0.25, 0.3) is 0 Å². The minimum Gasteiger partial charge on any atom is -0.309 e. The molecule has 4 heteroatoms. The molecule has 0 N–H and O–H groups in total. The second kappa shape index (κ2) is 14.5. The Morgan fingerprint density at radius 1 is 0.234 bits per heavy atom. The largest absolute Gasteiger partial charge is 0.309 e. The molecule has 0 saturated heterocycles. The van der Waals surface area contributed by atoms with E-state index in [2.05, 4.69) is 262 Å². The zero-order valence-electron chi connectivity index (χ0n) is 35.0. The van der Waals surface area contributed by atoms with E-state index in [0.29, 0.717) is 0 Å². The Bertz CT molecular complexity index is 3790. The molecular formula is C60H41N3Si. The number of hydrogen-bond acceptors (Lipinski definition) is 0. The van der Waals surface area contributed by atoms with Gasteiger partial charge in [0, 0.05) is 49.4 Å². The Hall–Kier alpha value is -8.18. The zero-order chi connectivity index (χ0) is 42.2. The van der Waals surface area contributed by atoms with Crippen LogP contribution in [0.15, 0.2) is 249 Å². The van der Waals surface area contributed by atoms with Crippen molar-refractivity contribution in [2.75, 3.05) is 0 Å². The van der Waals surface area contributed by atoms with Gasteiger partial charge in [-0.05, 0) is 87.5 Å². The predicted octanol–water partition coefficient (Wildman–Crippen LogP) is 12.4. The molecule has 0 saturated carbocycles. The van der Waals surface area contributed by atoms with Crippen molar-refractivity contribution in [3.63, 3.8) is 0 Å². The number of benzene rings is 10. The molecule has 0 aliphatic heterocycles. The molecule has 0 spiro atoms. The molecule has 3 nitrogen and oxygen atoms in total. The molecule has 3 aromatic heterocycles. The van der Waals surface area contributed by atoms with Gasteiger partial charge >= 0.3 is 0 Å². The van der Waals surface area contributed by atoms with Crippen molar-refractivity contribution >= 4 is 94.2 Å². The first-order chi connectivity index (χ1) is 31.8. The number of para-hydroxylation sites is 5. The van der Waals surface area contributed by atoms with Gasteiger partial charge in [0.2, 0.25) is 0 Å². The van der Waals surface area contributed by atoms with E-state index in [4.69, 9.17) is 0 Å². The fraction of sp³-hybridized carbons (Fsp3) is 0. The lowest BCUT2D eigenvalue weighted by Crippen LogP contribution is -2.74. The van der Waals surface area contributed by atoms with Crippen LogP contribution >= 0.6 is 0 Å². The summed E-state index contributed by atoms with van der Waals surface area (Å²) in [5.41, 5.74) is 10.7. The van der Waals surface area contributed by atoms with Crippen molar-refractivity contribution in [3.05, 3.63) is 249 Å². The molecule has 0 bridgehead atoms. The molecule has 0 atom stereocenters. The van der Waals surface area contributed by atoms with Gasteiger partial charge in [-0.2, -0.15) is 0 Å². The summed E-state index contributed by atoms with van der Waals surface area (Å²) in [5.74, 6) is 0. The van der Waals surface area contributed by atoms with Gasteiger partial charge in [-0.1, -0.05) is 182 Å². The normalized spacial score (nSPS) is 12.1. The van der Waals surface area contributed by atoms with E-state index in [1.165, 1.54) is 86.2 Å². The summed E-state index contributed by atoms with van der Waals surface area (Å²) in [6, 6.07) is 92.3. The summed E-state index contributed by atoms with van der Waals surface area (Å²) in [7, 11) is -2.96. The average Bonchev–Trinajstić information content (AvgIpc) is 4.01. The van der Waals surface area contributed by atoms with Crippen LogP contribution in [0.1, 0.15) is 0 Å². The van der Waals surface area contributed by atoms with Crippen molar-refractivity contribution in [2.45, 2.75) is 0 Å². The Kier molecular flexibility index (Phi) is 8.23. The molecule has 13 rings (SSSR count). The van der Waals surface area contributed by atoms with Crippen LogP contribution < -0.4 is 20.7 Å². The van der Waals surface area contributed by atoms with Crippen LogP contribution in [0.25, 0.3) is 82.5 Å². The Morgan fingerprint density at radius 3 is 1.23 bits per heavy atom. The van der Waals surface area contributed by atoms with Gasteiger partial charge in [0.05, 0.1) is 33.1 Å². The first-order valence-electron chi connectivity index (χ1n) is 22.1. The SMILES string of the molecule is c1ccc(-n2c3ccccc3c3c2ccc2c4ccccc4n(-c4cccc([Si](c5ccccc5)(c5ccccc5)c5ccc(-n6c7ccccc7c7ccccc76)cc5)c4)c23)cc1. The molecule has 0 amide bonds. The highest BCUT2D eigenvalue weighted by molar-refractivity contribution is 7.19. The topological polar surface area (TPSA) is 14.8 Å². The van der Waals surface area contributed by atoms with E-state index >= 15 is 0 Å². The van der Waals surface area contributed by atoms with Crippen molar-refractivity contribution in [3.8, 4) is 17.1 Å². The number of fused-ring (bicyclic) bond motifs is 10. The summed E-state index contributed by atoms with van der Waals surface area (Å²) in [5, 5.41) is 12.9. The van der Waals surface area contributed by atoms with Crippen LogP contribution in [0.3, 0.4) is 0 Å². The van der Waals surface area contributed by atoms with Gasteiger partial charge in [0.1, 0.15) is 0 Å². The maximum atomic E-state index is 2.54. The van der Waals surface area contributed by atoms with Crippen LogP contribution in [0.2, 0.25) is 0 Å². The van der Waals surface area contributed by atoms with Crippen molar-refractivity contribution < 1.29 is 0 Å². The first-order valence-corrected chi connectivity index (χ1v) is 24.1. The van der Waals surface area contributed by atoms with Crippen molar-refractivity contribution in [1.29, 1.82) is 0 Å². The monoisotopic (exact) mass is 831 g/mol. The smallest absolute Gasteiger partial charge is 0.179 e. The highest BCUT2D eigenvalue weighted by Gasteiger charge is 2.41. The lowest BCUT2D eigenvalue weighted by atomic mass is 10.1. The molecule has 64 heavy (non-hydrogen) atoms. The average molecular weight is 832 g/mol. The maximum absolute atomic E-state index is 2.96. The second-order valence-electron chi connectivity index (χ2n) is 16.8. The molecule has 0 fully saturated rings. The summed E-state index contributed by atoms with van der Waals surface area (Å²) >= 11 is 0. The van der Waals surface area contributed by atoms with Crippen molar-refractivity contribution in [1.82, 2.24) is 13.7 Å². The Labute approximate surface area is 372 Å². The van der Waals surface area contributed by atoms with Crippen LogP contribution in [0.4, 0.5) is 0 Å². The lowest BCUT2D eigenvalue weighted by Gasteiger charge is -2.35. The number of hydrogen-bond donors (Lipinski definition) is 0. The van der Waals surface area contributed by atoms with Crippen LogP contribution in [-0.4, -0.2) is 21.8 Å². The Morgan fingerprint density at radius 2 is 0.641 bits per heavy atom. The van der Waals surface area contributed by atoms with Gasteiger partial charge in [-0.3, -0.25) is 0 Å². The van der Waals surface area contributed by atoms with Crippen LogP contribution in [0.5, 0.6) is 0 Å². The summed E-state index contributed by atoms with van der Waals surface area (Å²) < 4.78 is 7.38. The van der Waals surface area contributed by atoms with E-state index in [1.54, 1.807) is 0 Å². The van der Waals surface area contributed by atoms with Gasteiger partial charge in [-0.25, -0.2) is 0 Å². The van der Waals surface area contributed by atoms with Gasteiger partial charge < -0.3 is 13.7 Å². The van der Waals surface area contributed by atoms with E-state index in [-0.39, 0.29) is 0 Å². The fourth-order valence-corrected chi connectivity index (χ4v) is 15.7. The van der Waals surface area contributed by atoms with Gasteiger partial charge in [-0.15, -0.1) is 0 Å². The molecule has 10 aromatic carbocycles. The number of nitrogens with zero attached hydrogens (tertiary/aromatic N) is 3. The molecule has 0 aliphatic carbocycles. The van der Waals surface area contributed by atoms with E-state index < -0.39 is 8.07 Å². The minimum absolute atomic E-state index is 1.15. The second-order valence-corrected chi connectivity index (χ2v) is 20.7. The third kappa shape index (κ3) is 5.27. The quantitative estimate of drug-likeness (QED) is 0.112. The van der Waals surface area contributed by atoms with E-state index in [9.17, 15) is 0 Å². The zero-order valence-corrected chi connectivity index (χ0v) is 36.0. The molecule has 13 aromatic rings. The summed E-state index contributed by atoms with van der Waals surface area (Å²) in [6.45, 7) is 0. The third-order valence-corrected chi connectivity index (χ3v) is 18.3. The van der Waals surface area contributed by atoms with Crippen LogP contribution in [-0.2, 0) is 0 Å². The first kappa shape index (κ1) is 36.5. The number of aromatic nitrogens is 3. The standard InChI is InChI=1S/C60H41N3Si/c1-4-19-42(20-5-1)62-57-34-17-13-30-53(57)59-58(62)40-39-52-51-29-12-16-33-56(51)63(60(52)59)44-21-18-26-48(41-44)64(45-22-6-2-7-23-45,46-24-8-3-9-25-46)47-37-35-43(36-38-47)61-54-31-14-10-27-49(54)50-28-11-15-32-55(50)61/h1-41H. The van der Waals surface area contributed by atoms with E-state index in [0.717, 1.165) is 17.1 Å². The van der Waals surface area contributed by atoms with Gasteiger partial charge in [0.15, 0.2) is 8.07 Å². The highest BCUT2D eigenvalue weighted by atomic mass is 28.3. The molecular weight excluding hydrogens is 791 g/mol. The molecule has 0 unspecified atom stereocenters. The number of rotatable bonds is 7. The molecule has 3 heterocycles. The third-order valence-electron chi connectivity index (χ3n) is 13.6. The highest BCUT2D eigenvalue weighted by Crippen LogP contribution is 2.42. The summed E-state index contributed by atoms with van der Waals surface area (Å²) in [6.07, 6.45) is 0. The predicted molar refractivity (Wildman–Crippen MR) is 273 cm³/mol. The molecule has 0 radical (unpaired) electrons. The molecule has 300 valence electrons.